The molecular weight excluding hydrogens is 709 g/mol. The van der Waals surface area contributed by atoms with Crippen molar-refractivity contribution in [3.63, 3.8) is 0 Å². The Kier molecular flexibility index (Phi) is 6.12. The van der Waals surface area contributed by atoms with Crippen LogP contribution in [0, 0.1) is 0 Å². The Morgan fingerprint density at radius 3 is 1.79 bits per heavy atom. The van der Waals surface area contributed by atoms with Crippen LogP contribution in [0.3, 0.4) is 0 Å². The predicted molar refractivity (Wildman–Crippen MR) is 238 cm³/mol. The molecule has 3 aromatic heterocycles. The Labute approximate surface area is 340 Å². The van der Waals surface area contributed by atoms with Crippen LogP contribution >= 0.6 is 0 Å². The van der Waals surface area contributed by atoms with Crippen LogP contribution in [0.4, 0.5) is 0 Å². The Balaban J connectivity index is 1.17. The Hall–Kier alpha value is -7.89. The van der Waals surface area contributed by atoms with Crippen LogP contribution in [0.5, 0.6) is 0 Å². The zero-order chi connectivity index (χ0) is 42.5. The molecule has 58 heavy (non-hydrogen) atoms. The van der Waals surface area contributed by atoms with Crippen LogP contribution in [0.15, 0.2) is 198 Å². The van der Waals surface area contributed by atoms with E-state index in [4.69, 9.17) is 26.2 Å². The first-order valence-electron chi connectivity index (χ1n) is 21.6. The van der Waals surface area contributed by atoms with E-state index in [1.165, 1.54) is 0 Å². The van der Waals surface area contributed by atoms with Crippen molar-refractivity contribution in [2.24, 2.45) is 0 Å². The normalized spacial score (nSPS) is 13.0. The van der Waals surface area contributed by atoms with Crippen molar-refractivity contribution in [2.45, 2.75) is 0 Å². The lowest BCUT2D eigenvalue weighted by Gasteiger charge is -2.13. The van der Waals surface area contributed by atoms with Crippen LogP contribution in [0.2, 0.25) is 0 Å². The summed E-state index contributed by atoms with van der Waals surface area (Å²) in [5.41, 5.74) is 6.86. The second-order valence-electron chi connectivity index (χ2n) is 14.4. The standard InChI is InChI=1S/C53H32N4O/c1-3-13-33(14-4-1)37-27-28-49-44(29-37)45-31-39(57-47-21-11-9-19-41(47)42-20-10-12-22-48(42)57)32-46(50(45)58-49)53-55-51(36-16-5-2-6-17-36)54-52(56-53)38-26-25-35-24-23-34-15-7-8-18-40(34)43(35)30-38/h1-32H/i1D,3D,4D,13D,14D. The summed E-state index contributed by atoms with van der Waals surface area (Å²) in [5, 5.41) is 8.15. The summed E-state index contributed by atoms with van der Waals surface area (Å²) in [7, 11) is 0. The van der Waals surface area contributed by atoms with Crippen molar-refractivity contribution in [3.8, 4) is 51.0 Å². The largest absolute Gasteiger partial charge is 0.455 e. The topological polar surface area (TPSA) is 56.7 Å². The summed E-state index contributed by atoms with van der Waals surface area (Å²) in [4.78, 5) is 15.6. The highest BCUT2D eigenvalue weighted by Crippen LogP contribution is 2.42. The van der Waals surface area contributed by atoms with Crippen molar-refractivity contribution >= 4 is 65.3 Å². The van der Waals surface area contributed by atoms with E-state index in [9.17, 15) is 0 Å². The summed E-state index contributed by atoms with van der Waals surface area (Å²) >= 11 is 0. The lowest BCUT2D eigenvalue weighted by atomic mass is 9.99. The number of rotatable bonds is 5. The molecule has 0 bridgehead atoms. The second-order valence-corrected chi connectivity index (χ2v) is 14.4. The van der Waals surface area contributed by atoms with Gasteiger partial charge in [-0.1, -0.05) is 152 Å². The minimum atomic E-state index is -0.437. The van der Waals surface area contributed by atoms with Crippen molar-refractivity contribution in [2.75, 3.05) is 0 Å². The van der Waals surface area contributed by atoms with Crippen LogP contribution in [-0.2, 0) is 0 Å². The number of para-hydroxylation sites is 2. The summed E-state index contributed by atoms with van der Waals surface area (Å²) < 4.78 is 51.6. The van der Waals surface area contributed by atoms with Gasteiger partial charge in [0, 0.05) is 38.4 Å². The van der Waals surface area contributed by atoms with E-state index >= 15 is 0 Å². The molecule has 0 N–H and O–H groups in total. The molecule has 0 fully saturated rings. The molecule has 5 nitrogen and oxygen atoms in total. The molecule has 0 radical (unpaired) electrons. The molecule has 9 aromatic carbocycles. The number of fused-ring (bicyclic) bond motifs is 9. The van der Waals surface area contributed by atoms with Gasteiger partial charge in [0.2, 0.25) is 0 Å². The fourth-order valence-corrected chi connectivity index (χ4v) is 8.39. The molecule has 270 valence electrons. The van der Waals surface area contributed by atoms with Crippen LogP contribution in [0.25, 0.3) is 116 Å². The van der Waals surface area contributed by atoms with Gasteiger partial charge in [0.05, 0.1) is 23.5 Å². The number of benzene rings is 9. The third kappa shape index (κ3) is 5.14. The fraction of sp³-hybridized carbons (Fsp3) is 0. The van der Waals surface area contributed by atoms with Gasteiger partial charge < -0.3 is 8.98 Å². The maximum atomic E-state index is 8.78. The van der Waals surface area contributed by atoms with Crippen molar-refractivity contribution in [1.82, 2.24) is 19.5 Å². The molecule has 0 aliphatic rings. The molecule has 0 amide bonds. The third-order valence-electron chi connectivity index (χ3n) is 11.1. The van der Waals surface area contributed by atoms with Crippen LogP contribution < -0.4 is 0 Å². The number of hydrogen-bond donors (Lipinski definition) is 0. The predicted octanol–water partition coefficient (Wildman–Crippen LogP) is 13.8. The van der Waals surface area contributed by atoms with Crippen LogP contribution in [0.1, 0.15) is 6.85 Å². The van der Waals surface area contributed by atoms with Crippen LogP contribution in [-0.4, -0.2) is 19.5 Å². The first kappa shape index (κ1) is 27.7. The van der Waals surface area contributed by atoms with Gasteiger partial charge in [-0.05, 0) is 75.1 Å². The molecule has 0 aliphatic carbocycles. The maximum absolute atomic E-state index is 8.78. The number of furan rings is 1. The first-order chi connectivity index (χ1) is 30.8. The third-order valence-corrected chi connectivity index (χ3v) is 11.1. The van der Waals surface area contributed by atoms with Gasteiger partial charge in [-0.25, -0.2) is 15.0 Å². The zero-order valence-corrected chi connectivity index (χ0v) is 30.8. The van der Waals surface area contributed by atoms with Crippen molar-refractivity contribution < 1.29 is 11.3 Å². The molecule has 0 saturated heterocycles. The van der Waals surface area contributed by atoms with E-state index in [-0.39, 0.29) is 17.6 Å². The van der Waals surface area contributed by atoms with Gasteiger partial charge in [0.15, 0.2) is 17.5 Å². The Morgan fingerprint density at radius 2 is 1.02 bits per heavy atom. The van der Waals surface area contributed by atoms with E-state index in [0.717, 1.165) is 65.6 Å². The Morgan fingerprint density at radius 1 is 0.414 bits per heavy atom. The minimum Gasteiger partial charge on any atom is -0.455 e. The molecule has 0 aliphatic heterocycles. The summed E-state index contributed by atoms with van der Waals surface area (Å²) in [6.45, 7) is 0. The summed E-state index contributed by atoms with van der Waals surface area (Å²) in [5.74, 6) is 1.42. The zero-order valence-electron chi connectivity index (χ0n) is 35.8. The van der Waals surface area contributed by atoms with Gasteiger partial charge >= 0.3 is 0 Å². The van der Waals surface area contributed by atoms with E-state index in [1.807, 2.05) is 66.7 Å². The molecule has 0 spiro atoms. The van der Waals surface area contributed by atoms with Gasteiger partial charge in [0.25, 0.3) is 0 Å². The summed E-state index contributed by atoms with van der Waals surface area (Å²) in [6.07, 6.45) is 0. The molecular formula is C53H32N4O. The average molecular weight is 746 g/mol. The van der Waals surface area contributed by atoms with E-state index in [1.54, 1.807) is 12.1 Å². The van der Waals surface area contributed by atoms with Gasteiger partial charge in [0.1, 0.15) is 11.2 Å². The van der Waals surface area contributed by atoms with Gasteiger partial charge in [-0.3, -0.25) is 0 Å². The summed E-state index contributed by atoms with van der Waals surface area (Å²) in [6, 6.07) is 53.2. The van der Waals surface area contributed by atoms with E-state index in [2.05, 4.69) is 89.5 Å². The molecule has 12 aromatic rings. The van der Waals surface area contributed by atoms with Gasteiger partial charge in [-0.2, -0.15) is 0 Å². The smallest absolute Gasteiger partial charge is 0.167 e. The highest BCUT2D eigenvalue weighted by atomic mass is 16.3. The molecule has 5 heteroatoms. The molecule has 0 saturated carbocycles. The molecule has 0 atom stereocenters. The highest BCUT2D eigenvalue weighted by molar-refractivity contribution is 6.13. The van der Waals surface area contributed by atoms with Crippen molar-refractivity contribution in [3.05, 3.63) is 194 Å². The first-order valence-corrected chi connectivity index (χ1v) is 19.1. The molecule has 3 heterocycles. The Bertz CT molecular complexity index is 3800. The minimum absolute atomic E-state index is 0.119. The second kappa shape index (κ2) is 12.8. The molecule has 12 rings (SSSR count). The number of hydrogen-bond acceptors (Lipinski definition) is 4. The fourth-order valence-electron chi connectivity index (χ4n) is 8.39. The molecule has 0 unspecified atom stereocenters. The monoisotopic (exact) mass is 745 g/mol. The lowest BCUT2D eigenvalue weighted by Crippen LogP contribution is -2.01. The quantitative estimate of drug-likeness (QED) is 0.165. The number of nitrogens with zero attached hydrogens (tertiary/aromatic N) is 4. The van der Waals surface area contributed by atoms with E-state index < -0.39 is 18.1 Å². The SMILES string of the molecule is [2H]c1c([2H])c([2H])c(-c2ccc3oc4c(-c5nc(-c6ccccc6)nc(-c6ccc7ccc8ccccc8c7c6)n5)cc(-n5c6ccccc6c6ccccc65)cc4c3c2)c([2H])c1[2H]. The maximum Gasteiger partial charge on any atom is 0.167 e. The van der Waals surface area contributed by atoms with Gasteiger partial charge in [-0.15, -0.1) is 0 Å². The van der Waals surface area contributed by atoms with Crippen molar-refractivity contribution in [1.29, 1.82) is 0 Å². The van der Waals surface area contributed by atoms with E-state index in [0.29, 0.717) is 45.2 Å². The number of aromatic nitrogens is 4. The highest BCUT2D eigenvalue weighted by Gasteiger charge is 2.22. The average Bonchev–Trinajstić information content (AvgIpc) is 3.88. The lowest BCUT2D eigenvalue weighted by molar-refractivity contribution is 0.669.